The van der Waals surface area contributed by atoms with Gasteiger partial charge in [0.05, 0.1) is 27.6 Å². The molecule has 2 atom stereocenters. The van der Waals surface area contributed by atoms with Crippen LogP contribution in [-0.2, 0) is 14.3 Å². The fraction of sp³-hybridized carbons (Fsp3) is 0.500. The average molecular weight is 422 g/mol. The maximum Gasteiger partial charge on any atom is 0.336 e. The van der Waals surface area contributed by atoms with Gasteiger partial charge in [-0.1, -0.05) is 49.2 Å². The third-order valence-electron chi connectivity index (χ3n) is 5.24. The van der Waals surface area contributed by atoms with E-state index in [1.807, 2.05) is 6.07 Å². The van der Waals surface area contributed by atoms with Gasteiger partial charge >= 0.3 is 5.97 Å². The molecule has 2 aliphatic rings. The zero-order valence-electron chi connectivity index (χ0n) is 16.8. The summed E-state index contributed by atoms with van der Waals surface area (Å²) < 4.78 is 5.48. The molecule has 0 saturated heterocycles. The first-order valence-electron chi connectivity index (χ1n) is 9.47. The molecule has 1 saturated carbocycles. The summed E-state index contributed by atoms with van der Waals surface area (Å²) in [5.74, 6) is -1.47. The van der Waals surface area contributed by atoms with Crippen LogP contribution in [0.25, 0.3) is 0 Å². The summed E-state index contributed by atoms with van der Waals surface area (Å²) in [7, 11) is 0. The molecule has 1 aliphatic carbocycles. The molecule has 1 fully saturated rings. The molecular weight excluding hydrogens is 397 g/mol. The zero-order valence-corrected chi connectivity index (χ0v) is 18.3. The van der Waals surface area contributed by atoms with Crippen LogP contribution in [0.15, 0.2) is 34.5 Å². The number of hydrogen-bond donors (Lipinski definition) is 0. The maximum atomic E-state index is 13.2. The van der Waals surface area contributed by atoms with E-state index >= 15 is 0 Å². The van der Waals surface area contributed by atoms with Crippen LogP contribution in [0, 0.1) is 11.3 Å². The minimum atomic E-state index is -0.548. The molecule has 4 nitrogen and oxygen atoms in total. The second-order valence-corrected chi connectivity index (χ2v) is 9.42. The minimum absolute atomic E-state index is 0.0680. The molecule has 0 spiro atoms. The third-order valence-corrected chi connectivity index (χ3v) is 6.08. The summed E-state index contributed by atoms with van der Waals surface area (Å²) in [5, 5.41) is 0.747. The van der Waals surface area contributed by atoms with Gasteiger partial charge in [0.1, 0.15) is 5.78 Å². The van der Waals surface area contributed by atoms with Gasteiger partial charge in [-0.05, 0) is 44.2 Å². The van der Waals surface area contributed by atoms with E-state index in [0.717, 1.165) is 5.71 Å². The Bertz CT molecular complexity index is 899. The summed E-state index contributed by atoms with van der Waals surface area (Å²) in [4.78, 5) is 30.8. The van der Waals surface area contributed by atoms with Crippen molar-refractivity contribution in [1.82, 2.24) is 0 Å². The van der Waals surface area contributed by atoms with Crippen LogP contribution in [-0.4, -0.2) is 23.6 Å². The number of allylic oxidation sites excluding steroid dienone is 1. The number of ketones is 1. The summed E-state index contributed by atoms with van der Waals surface area (Å²) >= 11 is 12.8. The van der Waals surface area contributed by atoms with Gasteiger partial charge in [0, 0.05) is 23.7 Å². The van der Waals surface area contributed by atoms with E-state index in [4.69, 9.17) is 27.9 Å². The number of ether oxygens (including phenoxy) is 1. The van der Waals surface area contributed by atoms with Gasteiger partial charge in [0.25, 0.3) is 0 Å². The lowest BCUT2D eigenvalue weighted by atomic mass is 9.63. The lowest BCUT2D eigenvalue weighted by Gasteiger charge is -2.41. The highest BCUT2D eigenvalue weighted by atomic mass is 35.5. The van der Waals surface area contributed by atoms with E-state index < -0.39 is 17.8 Å². The third kappa shape index (κ3) is 3.90. The minimum Gasteiger partial charge on any atom is -0.460 e. The normalized spacial score (nSPS) is 24.1. The van der Waals surface area contributed by atoms with Crippen molar-refractivity contribution in [3.05, 3.63) is 45.1 Å². The number of halogens is 2. The first-order valence-corrected chi connectivity index (χ1v) is 10.2. The Hall–Kier alpha value is -1.65. The van der Waals surface area contributed by atoms with Crippen molar-refractivity contribution < 1.29 is 14.3 Å². The first kappa shape index (κ1) is 21.1. The summed E-state index contributed by atoms with van der Waals surface area (Å²) in [6.45, 7) is 9.50. The molecule has 150 valence electrons. The van der Waals surface area contributed by atoms with Gasteiger partial charge in [-0.15, -0.1) is 0 Å². The fourth-order valence-electron chi connectivity index (χ4n) is 4.23. The topological polar surface area (TPSA) is 55.7 Å². The predicted octanol–water partition coefficient (Wildman–Crippen LogP) is 5.76. The van der Waals surface area contributed by atoms with E-state index in [0.29, 0.717) is 39.7 Å². The molecule has 28 heavy (non-hydrogen) atoms. The lowest BCUT2D eigenvalue weighted by molar-refractivity contribution is -0.143. The van der Waals surface area contributed by atoms with Crippen LogP contribution >= 0.6 is 23.2 Å². The van der Waals surface area contributed by atoms with E-state index in [2.05, 4.69) is 18.8 Å². The van der Waals surface area contributed by atoms with Gasteiger partial charge in [-0.3, -0.25) is 9.79 Å². The maximum absolute atomic E-state index is 13.2. The van der Waals surface area contributed by atoms with Crippen molar-refractivity contribution in [3.8, 4) is 0 Å². The van der Waals surface area contributed by atoms with E-state index in [1.165, 1.54) is 0 Å². The van der Waals surface area contributed by atoms with Crippen molar-refractivity contribution >= 4 is 40.7 Å². The standard InChI is InChI=1S/C22H25Cl2NO3/c1-11(2)28-21(27)17-12(3)25-15-9-22(4,5)10-16(26)19(15)18(17)13-7-6-8-14(23)20(13)24/h6-8,11,18-19H,9-10H2,1-5H3. The number of nitrogens with zero attached hydrogens (tertiary/aromatic N) is 1. The number of carbonyl (C=O) groups excluding carboxylic acids is 2. The molecule has 1 aliphatic heterocycles. The van der Waals surface area contributed by atoms with Crippen molar-refractivity contribution in [1.29, 1.82) is 0 Å². The highest BCUT2D eigenvalue weighted by Crippen LogP contribution is 2.49. The van der Waals surface area contributed by atoms with Gasteiger partial charge in [-0.25, -0.2) is 4.79 Å². The number of Topliss-reactive ketones (excluding diaryl/α,β-unsaturated/α-hetero) is 1. The van der Waals surface area contributed by atoms with Crippen LogP contribution < -0.4 is 0 Å². The molecule has 1 heterocycles. The van der Waals surface area contributed by atoms with E-state index in [1.54, 1.807) is 32.9 Å². The molecule has 0 aromatic heterocycles. The fourth-order valence-corrected chi connectivity index (χ4v) is 4.66. The van der Waals surface area contributed by atoms with Crippen molar-refractivity contribution in [2.24, 2.45) is 16.3 Å². The van der Waals surface area contributed by atoms with Crippen LogP contribution in [0.2, 0.25) is 10.0 Å². The Morgan fingerprint density at radius 1 is 1.21 bits per heavy atom. The number of hydrogen-bond acceptors (Lipinski definition) is 4. The van der Waals surface area contributed by atoms with Crippen LogP contribution in [0.5, 0.6) is 0 Å². The molecule has 2 unspecified atom stereocenters. The van der Waals surface area contributed by atoms with Crippen LogP contribution in [0.3, 0.4) is 0 Å². The number of carbonyl (C=O) groups is 2. The molecule has 1 aromatic carbocycles. The Morgan fingerprint density at radius 2 is 1.89 bits per heavy atom. The number of benzene rings is 1. The van der Waals surface area contributed by atoms with Crippen LogP contribution in [0.1, 0.15) is 58.9 Å². The lowest BCUT2D eigenvalue weighted by Crippen LogP contribution is -2.44. The molecule has 0 bridgehead atoms. The van der Waals surface area contributed by atoms with Crippen molar-refractivity contribution in [2.45, 2.75) is 59.5 Å². The molecule has 0 radical (unpaired) electrons. The monoisotopic (exact) mass is 421 g/mol. The number of fused-ring (bicyclic) bond motifs is 1. The van der Waals surface area contributed by atoms with Gasteiger partial charge < -0.3 is 4.74 Å². The van der Waals surface area contributed by atoms with Crippen molar-refractivity contribution in [2.75, 3.05) is 0 Å². The highest BCUT2D eigenvalue weighted by Gasteiger charge is 2.48. The van der Waals surface area contributed by atoms with Gasteiger partial charge in [-0.2, -0.15) is 0 Å². The van der Waals surface area contributed by atoms with Crippen molar-refractivity contribution in [3.63, 3.8) is 0 Å². The molecule has 3 rings (SSSR count). The highest BCUT2D eigenvalue weighted by molar-refractivity contribution is 6.42. The molecular formula is C22H25Cl2NO3. The van der Waals surface area contributed by atoms with Gasteiger partial charge in [0.2, 0.25) is 0 Å². The molecule has 6 heteroatoms. The Balaban J connectivity index is 2.22. The summed E-state index contributed by atoms with van der Waals surface area (Å²) in [6, 6.07) is 5.30. The molecule has 1 aromatic rings. The molecule has 0 N–H and O–H groups in total. The number of esters is 1. The smallest absolute Gasteiger partial charge is 0.336 e. The SMILES string of the molecule is CC1=C(C(=O)OC(C)C)C(c2cccc(Cl)c2Cl)C2C(=O)CC(C)(C)CC2=N1. The zero-order chi connectivity index (χ0) is 20.8. The second-order valence-electron chi connectivity index (χ2n) is 8.64. The van der Waals surface area contributed by atoms with Crippen LogP contribution in [0.4, 0.5) is 0 Å². The van der Waals surface area contributed by atoms with E-state index in [-0.39, 0.29) is 17.3 Å². The first-order chi connectivity index (χ1) is 13.0. The predicted molar refractivity (Wildman–Crippen MR) is 112 cm³/mol. The summed E-state index contributed by atoms with van der Waals surface area (Å²) in [6.07, 6.45) is 0.841. The molecule has 0 amide bonds. The number of aliphatic imine (C=N–C) groups is 1. The number of rotatable bonds is 3. The Labute approximate surface area is 176 Å². The largest absolute Gasteiger partial charge is 0.460 e. The van der Waals surface area contributed by atoms with E-state index in [9.17, 15) is 9.59 Å². The average Bonchev–Trinajstić information content (AvgIpc) is 2.54. The Kier molecular flexibility index (Phi) is 5.75. The van der Waals surface area contributed by atoms with Gasteiger partial charge in [0.15, 0.2) is 0 Å². The Morgan fingerprint density at radius 3 is 2.54 bits per heavy atom. The summed E-state index contributed by atoms with van der Waals surface area (Å²) in [5.41, 5.74) is 2.27. The quantitative estimate of drug-likeness (QED) is 0.582. The second kappa shape index (κ2) is 7.64.